The van der Waals surface area contributed by atoms with Gasteiger partial charge < -0.3 is 10.2 Å². The van der Waals surface area contributed by atoms with Crippen molar-refractivity contribution in [1.82, 2.24) is 10.2 Å². The van der Waals surface area contributed by atoms with Gasteiger partial charge in [-0.1, -0.05) is 77.9 Å². The van der Waals surface area contributed by atoms with Gasteiger partial charge in [-0.2, -0.15) is 0 Å². The van der Waals surface area contributed by atoms with Crippen LogP contribution >= 0.6 is 0 Å². The molecule has 238 valence electrons. The first-order valence-corrected chi connectivity index (χ1v) is 16.9. The van der Waals surface area contributed by atoms with Crippen LogP contribution in [-0.4, -0.2) is 34.6 Å². The molecule has 0 bridgehead atoms. The van der Waals surface area contributed by atoms with Gasteiger partial charge in [0.25, 0.3) is 11.8 Å². The van der Waals surface area contributed by atoms with Gasteiger partial charge in [-0.15, -0.1) is 5.11 Å². The van der Waals surface area contributed by atoms with Crippen LogP contribution in [-0.2, 0) is 4.79 Å². The Morgan fingerprint density at radius 1 is 0.978 bits per heavy atom. The maximum Gasteiger partial charge on any atom is 0.275 e. The maximum atomic E-state index is 14.7. The van der Waals surface area contributed by atoms with Crippen molar-refractivity contribution in [3.8, 4) is 0 Å². The summed E-state index contributed by atoms with van der Waals surface area (Å²) in [5.41, 5.74) is 5.14. The standard InChI is InChI=1S/C38H49N5O2/c1-36(2,3)20-19-32(27-11-15-29(16-12-27)34(44)39-23-31-24-40-42-31)43-35(45)33(28-13-9-26(10-14-28)25-7-8-25)41-38(43)21-17-30(18-22-38)37(4,5)6/h9-16,24-25,30,32H,7-8,17-23H2,1-6H3,(H,39,44)/p+1. The van der Waals surface area contributed by atoms with Crippen LogP contribution in [0, 0.1) is 16.7 Å². The van der Waals surface area contributed by atoms with Crippen molar-refractivity contribution in [3.63, 3.8) is 0 Å². The Morgan fingerprint density at radius 2 is 1.62 bits per heavy atom. The van der Waals surface area contributed by atoms with Crippen LogP contribution in [0.3, 0.4) is 0 Å². The van der Waals surface area contributed by atoms with E-state index >= 15 is 0 Å². The molecular formula is C38H50N5O2+. The number of aliphatic imine (C=N–C) groups is 1. The highest BCUT2D eigenvalue weighted by atomic mass is 16.2. The van der Waals surface area contributed by atoms with E-state index in [2.05, 4.69) is 86.3 Å². The number of carbonyl (C=O) groups is 2. The number of hydrogen-bond acceptors (Lipinski definition) is 4. The van der Waals surface area contributed by atoms with Crippen molar-refractivity contribution < 1.29 is 14.7 Å². The summed E-state index contributed by atoms with van der Waals surface area (Å²) >= 11 is 0. The average Bonchev–Trinajstić information content (AvgIpc) is 3.78. The molecule has 2 amide bonds. The number of carbonyl (C=O) groups excluding carboxylic acids is 2. The van der Waals surface area contributed by atoms with E-state index in [9.17, 15) is 9.59 Å². The SMILES string of the molecule is CC(C)(C)CCC(c1ccc(C(=O)NCC2=C[NH+]=N2)cc1)N1C(=O)C(c2ccc(C3CC3)cc2)=NC12CCC(C(C)(C)C)CC2. The molecule has 1 spiro atoms. The molecule has 2 aromatic rings. The molecule has 45 heavy (non-hydrogen) atoms. The van der Waals surface area contributed by atoms with Gasteiger partial charge in [0.1, 0.15) is 11.4 Å². The molecule has 2 N–H and O–H groups in total. The fourth-order valence-corrected chi connectivity index (χ4v) is 7.25. The zero-order valence-corrected chi connectivity index (χ0v) is 28.0. The fraction of sp³-hybridized carbons (Fsp3) is 0.553. The third-order valence-electron chi connectivity index (χ3n) is 10.3. The van der Waals surface area contributed by atoms with Gasteiger partial charge in [-0.3, -0.25) is 14.6 Å². The van der Waals surface area contributed by atoms with E-state index in [0.717, 1.165) is 55.3 Å². The number of amides is 2. The van der Waals surface area contributed by atoms with Gasteiger partial charge in [0.05, 0.1) is 12.6 Å². The lowest BCUT2D eigenvalue weighted by molar-refractivity contribution is -0.478. The third-order valence-corrected chi connectivity index (χ3v) is 10.3. The molecular weight excluding hydrogens is 558 g/mol. The van der Waals surface area contributed by atoms with Gasteiger partial charge in [-0.05, 0) is 97.3 Å². The summed E-state index contributed by atoms with van der Waals surface area (Å²) in [7, 11) is 0. The van der Waals surface area contributed by atoms with Crippen molar-refractivity contribution >= 4 is 17.5 Å². The minimum Gasteiger partial charge on any atom is -0.346 e. The first kappa shape index (κ1) is 31.4. The molecule has 2 fully saturated rings. The molecule has 1 unspecified atom stereocenters. The summed E-state index contributed by atoms with van der Waals surface area (Å²) in [5, 5.41) is 9.67. The Labute approximate surface area is 268 Å². The van der Waals surface area contributed by atoms with Crippen LogP contribution in [0.4, 0.5) is 0 Å². The van der Waals surface area contributed by atoms with Crippen LogP contribution in [0.25, 0.3) is 0 Å². The summed E-state index contributed by atoms with van der Waals surface area (Å²) < 4.78 is 0. The fourth-order valence-electron chi connectivity index (χ4n) is 7.25. The summed E-state index contributed by atoms with van der Waals surface area (Å²) in [6, 6.07) is 16.3. The lowest BCUT2D eigenvalue weighted by Crippen LogP contribution is -2.64. The molecule has 7 heteroatoms. The molecule has 2 aliphatic heterocycles. The normalized spacial score (nSPS) is 23.9. The Bertz CT molecular complexity index is 1510. The van der Waals surface area contributed by atoms with E-state index in [4.69, 9.17) is 4.99 Å². The zero-order chi connectivity index (χ0) is 32.0. The van der Waals surface area contributed by atoms with Crippen molar-refractivity contribution in [2.75, 3.05) is 6.54 Å². The predicted octanol–water partition coefficient (Wildman–Crippen LogP) is 6.81. The first-order chi connectivity index (χ1) is 21.3. The molecule has 4 aliphatic rings. The molecule has 0 aromatic heterocycles. The number of azo groups is 1. The quantitative estimate of drug-likeness (QED) is 0.328. The van der Waals surface area contributed by atoms with Crippen molar-refractivity contribution in [2.45, 2.75) is 111 Å². The van der Waals surface area contributed by atoms with E-state index in [-0.39, 0.29) is 28.7 Å². The molecule has 0 saturated heterocycles. The maximum absolute atomic E-state index is 14.7. The molecule has 2 heterocycles. The topological polar surface area (TPSA) is 88.1 Å². The van der Waals surface area contributed by atoms with Crippen molar-refractivity contribution in [1.29, 1.82) is 0 Å². The van der Waals surface area contributed by atoms with E-state index < -0.39 is 5.66 Å². The van der Waals surface area contributed by atoms with Gasteiger partial charge in [0, 0.05) is 16.2 Å². The second kappa shape index (κ2) is 12.0. The Balaban J connectivity index is 1.33. The highest BCUT2D eigenvalue weighted by Crippen LogP contribution is 2.50. The second-order valence-electron chi connectivity index (χ2n) is 16.0. The zero-order valence-electron chi connectivity index (χ0n) is 28.0. The summed E-state index contributed by atoms with van der Waals surface area (Å²) in [6.45, 7) is 14.2. The molecule has 0 radical (unpaired) electrons. The Kier molecular flexibility index (Phi) is 8.34. The monoisotopic (exact) mass is 608 g/mol. The smallest absolute Gasteiger partial charge is 0.275 e. The molecule has 1 atom stereocenters. The highest BCUT2D eigenvalue weighted by Gasteiger charge is 2.52. The minimum atomic E-state index is -0.560. The number of benzene rings is 2. The van der Waals surface area contributed by atoms with Gasteiger partial charge in [-0.25, -0.2) is 0 Å². The van der Waals surface area contributed by atoms with Gasteiger partial charge in [0.2, 0.25) is 6.20 Å². The summed E-state index contributed by atoms with van der Waals surface area (Å²) in [4.78, 5) is 35.2. The van der Waals surface area contributed by atoms with Crippen LogP contribution in [0.5, 0.6) is 0 Å². The molecule has 6 rings (SSSR count). The average molecular weight is 609 g/mol. The molecule has 7 nitrogen and oxygen atoms in total. The Hall–Kier alpha value is -3.61. The Morgan fingerprint density at radius 3 is 2.16 bits per heavy atom. The number of hydrogen-bond donors (Lipinski definition) is 2. The van der Waals surface area contributed by atoms with E-state index in [1.807, 2.05) is 24.3 Å². The van der Waals surface area contributed by atoms with Crippen LogP contribution in [0.2, 0.25) is 0 Å². The van der Waals surface area contributed by atoms with Crippen molar-refractivity contribution in [3.05, 3.63) is 82.7 Å². The largest absolute Gasteiger partial charge is 0.346 e. The highest BCUT2D eigenvalue weighted by molar-refractivity contribution is 6.46. The van der Waals surface area contributed by atoms with Crippen LogP contribution < -0.4 is 10.4 Å². The van der Waals surface area contributed by atoms with Crippen LogP contribution in [0.15, 0.2) is 70.5 Å². The number of nitrogens with zero attached hydrogens (tertiary/aromatic N) is 3. The molecule has 2 saturated carbocycles. The third kappa shape index (κ3) is 6.83. The van der Waals surface area contributed by atoms with Crippen molar-refractivity contribution in [2.24, 2.45) is 26.9 Å². The second-order valence-corrected chi connectivity index (χ2v) is 16.0. The predicted molar refractivity (Wildman–Crippen MR) is 178 cm³/mol. The lowest BCUT2D eigenvalue weighted by Gasteiger charge is -2.47. The van der Waals surface area contributed by atoms with E-state index in [1.54, 1.807) is 6.20 Å². The number of rotatable bonds is 9. The molecule has 2 aliphatic carbocycles. The lowest BCUT2D eigenvalue weighted by atomic mass is 9.69. The van der Waals surface area contributed by atoms with Gasteiger partial charge >= 0.3 is 0 Å². The van der Waals surface area contributed by atoms with Crippen LogP contribution in [0.1, 0.15) is 132 Å². The summed E-state index contributed by atoms with van der Waals surface area (Å²) in [6.07, 6.45) is 9.92. The van der Waals surface area contributed by atoms with E-state index in [1.165, 1.54) is 18.4 Å². The molecule has 2 aromatic carbocycles. The summed E-state index contributed by atoms with van der Waals surface area (Å²) in [5.74, 6) is 1.17. The minimum absolute atomic E-state index is 0.0373. The first-order valence-electron chi connectivity index (χ1n) is 16.9. The van der Waals surface area contributed by atoms with E-state index in [0.29, 0.717) is 29.7 Å². The van der Waals surface area contributed by atoms with Gasteiger partial charge in [0.15, 0.2) is 5.70 Å². The number of nitrogens with one attached hydrogen (secondary N) is 2.